The van der Waals surface area contributed by atoms with Crippen molar-refractivity contribution in [3.8, 4) is 0 Å². The number of unbranched alkanes of at least 4 members (excludes halogenated alkanes) is 6. The predicted molar refractivity (Wildman–Crippen MR) is 112 cm³/mol. The summed E-state index contributed by atoms with van der Waals surface area (Å²) in [6.07, 6.45) is 5.10. The third kappa shape index (κ3) is 8.23. The van der Waals surface area contributed by atoms with Crippen molar-refractivity contribution in [3.05, 3.63) is 0 Å². The Kier molecular flexibility index (Phi) is 14.3. The molecular formula is C22H42O8. The van der Waals surface area contributed by atoms with Crippen LogP contribution in [0.25, 0.3) is 0 Å². The van der Waals surface area contributed by atoms with E-state index < -0.39 is 48.4 Å². The molecule has 8 nitrogen and oxygen atoms in total. The van der Waals surface area contributed by atoms with E-state index in [9.17, 15) is 30.0 Å². The van der Waals surface area contributed by atoms with Gasteiger partial charge in [0, 0.05) is 0 Å². The first kappa shape index (κ1) is 28.9. The van der Waals surface area contributed by atoms with Crippen molar-refractivity contribution in [3.63, 3.8) is 0 Å². The van der Waals surface area contributed by atoms with E-state index in [2.05, 4.69) is 11.7 Å². The predicted octanol–water partition coefficient (Wildman–Crippen LogP) is 1.83. The third-order valence-corrected chi connectivity index (χ3v) is 5.93. The minimum absolute atomic E-state index is 0.0993. The van der Waals surface area contributed by atoms with E-state index in [-0.39, 0.29) is 19.3 Å². The summed E-state index contributed by atoms with van der Waals surface area (Å²) in [5, 5.41) is 51.0. The lowest BCUT2D eigenvalue weighted by Gasteiger charge is -2.46. The molecule has 4 atom stereocenters. The molecule has 30 heavy (non-hydrogen) atoms. The summed E-state index contributed by atoms with van der Waals surface area (Å²) in [5.74, 6) is -3.81. The van der Waals surface area contributed by atoms with Gasteiger partial charge < -0.3 is 30.3 Å². The molecule has 0 aliphatic heterocycles. The van der Waals surface area contributed by atoms with Crippen molar-refractivity contribution < 1.29 is 39.9 Å². The summed E-state index contributed by atoms with van der Waals surface area (Å²) in [6, 6.07) is 0. The summed E-state index contributed by atoms with van der Waals surface area (Å²) >= 11 is 0. The lowest BCUT2D eigenvalue weighted by Crippen LogP contribution is -2.63. The van der Waals surface area contributed by atoms with E-state index in [4.69, 9.17) is 5.11 Å². The standard InChI is InChI=1S/C22H42O8/c1-4-7-9-11-13-17(19(26)30-20(27)18(25)15-23)22(29,16-24)21(28,6-3)14-12-10-8-5-2/h17-18,23-25,28-29H,4-16H2,1-3H3. The quantitative estimate of drug-likeness (QED) is 0.132. The molecule has 0 spiro atoms. The van der Waals surface area contributed by atoms with Crippen LogP contribution in [0.2, 0.25) is 0 Å². The summed E-state index contributed by atoms with van der Waals surface area (Å²) in [5.41, 5.74) is -3.95. The number of aliphatic hydroxyl groups is 5. The average Bonchev–Trinajstić information content (AvgIpc) is 2.75. The molecule has 5 N–H and O–H groups in total. The molecular weight excluding hydrogens is 392 g/mol. The second-order valence-electron chi connectivity index (χ2n) is 8.12. The molecule has 0 amide bonds. The summed E-state index contributed by atoms with van der Waals surface area (Å²) in [6.45, 7) is 3.96. The van der Waals surface area contributed by atoms with Gasteiger partial charge in [-0.2, -0.15) is 0 Å². The number of carbonyl (C=O) groups is 2. The highest BCUT2D eigenvalue weighted by Gasteiger charge is 2.55. The molecule has 0 heterocycles. The van der Waals surface area contributed by atoms with Crippen LogP contribution in [0.15, 0.2) is 0 Å². The Bertz CT molecular complexity index is 498. The Labute approximate surface area is 180 Å². The molecule has 8 heteroatoms. The van der Waals surface area contributed by atoms with Gasteiger partial charge in [-0.3, -0.25) is 4.79 Å². The molecule has 0 aliphatic carbocycles. The maximum absolute atomic E-state index is 12.8. The molecule has 4 unspecified atom stereocenters. The van der Waals surface area contributed by atoms with Crippen LogP contribution < -0.4 is 0 Å². The van der Waals surface area contributed by atoms with Gasteiger partial charge in [0.2, 0.25) is 0 Å². The Hall–Kier alpha value is -1.06. The second kappa shape index (κ2) is 14.9. The van der Waals surface area contributed by atoms with Crippen LogP contribution in [0, 0.1) is 5.92 Å². The van der Waals surface area contributed by atoms with Crippen LogP contribution in [0.4, 0.5) is 0 Å². The number of carbonyl (C=O) groups excluding carboxylic acids is 2. The maximum Gasteiger partial charge on any atom is 0.345 e. The molecule has 0 fully saturated rings. The Balaban J connectivity index is 5.71. The first-order valence-corrected chi connectivity index (χ1v) is 11.3. The van der Waals surface area contributed by atoms with Crippen LogP contribution in [-0.2, 0) is 14.3 Å². The number of ether oxygens (including phenoxy) is 1. The number of hydrogen-bond donors (Lipinski definition) is 5. The molecule has 0 radical (unpaired) electrons. The van der Waals surface area contributed by atoms with E-state index in [0.29, 0.717) is 12.8 Å². The fourth-order valence-electron chi connectivity index (χ4n) is 3.76. The zero-order valence-corrected chi connectivity index (χ0v) is 18.8. The highest BCUT2D eigenvalue weighted by molar-refractivity contribution is 5.89. The monoisotopic (exact) mass is 434 g/mol. The zero-order chi connectivity index (χ0) is 23.2. The van der Waals surface area contributed by atoms with Crippen molar-refractivity contribution >= 4 is 11.9 Å². The van der Waals surface area contributed by atoms with Crippen LogP contribution in [0.5, 0.6) is 0 Å². The number of aliphatic hydroxyl groups excluding tert-OH is 3. The van der Waals surface area contributed by atoms with Crippen LogP contribution in [0.1, 0.15) is 91.4 Å². The molecule has 0 aliphatic rings. The van der Waals surface area contributed by atoms with Gasteiger partial charge in [-0.25, -0.2) is 4.79 Å². The SMILES string of the molecule is CCCCCCC(C(=O)OC(=O)C(O)CO)C(O)(CO)C(O)(CC)CCCCCC. The van der Waals surface area contributed by atoms with Crippen LogP contribution in [0.3, 0.4) is 0 Å². The van der Waals surface area contributed by atoms with E-state index in [0.717, 1.165) is 38.5 Å². The van der Waals surface area contributed by atoms with E-state index in [1.54, 1.807) is 6.92 Å². The van der Waals surface area contributed by atoms with Gasteiger partial charge in [0.15, 0.2) is 6.10 Å². The minimum atomic E-state index is -2.21. The maximum atomic E-state index is 12.8. The highest BCUT2D eigenvalue weighted by Crippen LogP contribution is 2.39. The minimum Gasteiger partial charge on any atom is -0.393 e. The summed E-state index contributed by atoms with van der Waals surface area (Å²) in [7, 11) is 0. The molecule has 0 bridgehead atoms. The molecule has 0 aromatic rings. The Morgan fingerprint density at radius 3 is 1.90 bits per heavy atom. The molecule has 0 rings (SSSR count). The second-order valence-corrected chi connectivity index (χ2v) is 8.12. The Morgan fingerprint density at radius 2 is 1.43 bits per heavy atom. The summed E-state index contributed by atoms with van der Waals surface area (Å²) in [4.78, 5) is 24.5. The van der Waals surface area contributed by atoms with Crippen molar-refractivity contribution in [2.45, 2.75) is 109 Å². The number of esters is 2. The van der Waals surface area contributed by atoms with Gasteiger partial charge in [-0.05, 0) is 19.3 Å². The normalized spacial score (nSPS) is 17.6. The van der Waals surface area contributed by atoms with Gasteiger partial charge in [0.05, 0.1) is 24.7 Å². The van der Waals surface area contributed by atoms with Crippen molar-refractivity contribution in [1.82, 2.24) is 0 Å². The zero-order valence-electron chi connectivity index (χ0n) is 18.8. The van der Waals surface area contributed by atoms with Crippen molar-refractivity contribution in [2.75, 3.05) is 13.2 Å². The lowest BCUT2D eigenvalue weighted by atomic mass is 9.68. The fraction of sp³-hybridized carbons (Fsp3) is 0.909. The van der Waals surface area contributed by atoms with Crippen LogP contribution in [-0.4, -0.2) is 68.0 Å². The van der Waals surface area contributed by atoms with Crippen LogP contribution >= 0.6 is 0 Å². The van der Waals surface area contributed by atoms with Crippen molar-refractivity contribution in [1.29, 1.82) is 0 Å². The molecule has 0 saturated carbocycles. The van der Waals surface area contributed by atoms with E-state index >= 15 is 0 Å². The first-order chi connectivity index (χ1) is 14.2. The Morgan fingerprint density at radius 1 is 0.867 bits per heavy atom. The van der Waals surface area contributed by atoms with Gasteiger partial charge in [-0.15, -0.1) is 0 Å². The fourth-order valence-corrected chi connectivity index (χ4v) is 3.76. The molecule has 178 valence electrons. The first-order valence-electron chi connectivity index (χ1n) is 11.3. The molecule has 0 aromatic heterocycles. The summed E-state index contributed by atoms with van der Waals surface area (Å²) < 4.78 is 4.68. The van der Waals surface area contributed by atoms with Crippen molar-refractivity contribution in [2.24, 2.45) is 5.92 Å². The van der Waals surface area contributed by atoms with E-state index in [1.807, 2.05) is 6.92 Å². The third-order valence-electron chi connectivity index (χ3n) is 5.93. The highest BCUT2D eigenvalue weighted by atomic mass is 16.6. The average molecular weight is 435 g/mol. The molecule has 0 aromatic carbocycles. The topological polar surface area (TPSA) is 145 Å². The molecule has 0 saturated heterocycles. The van der Waals surface area contributed by atoms with Gasteiger partial charge in [-0.1, -0.05) is 72.1 Å². The largest absolute Gasteiger partial charge is 0.393 e. The number of rotatable bonds is 17. The smallest absolute Gasteiger partial charge is 0.345 e. The van der Waals surface area contributed by atoms with Gasteiger partial charge in [0.25, 0.3) is 0 Å². The van der Waals surface area contributed by atoms with Gasteiger partial charge >= 0.3 is 11.9 Å². The lowest BCUT2D eigenvalue weighted by molar-refractivity contribution is -0.217. The number of hydrogen-bond acceptors (Lipinski definition) is 8. The van der Waals surface area contributed by atoms with E-state index in [1.165, 1.54) is 0 Å². The van der Waals surface area contributed by atoms with Gasteiger partial charge in [0.1, 0.15) is 5.60 Å².